The highest BCUT2D eigenvalue weighted by molar-refractivity contribution is 5.00. The summed E-state index contributed by atoms with van der Waals surface area (Å²) in [5.41, 5.74) is 0.175. The van der Waals surface area contributed by atoms with Gasteiger partial charge in [0.15, 0.2) is 5.82 Å². The van der Waals surface area contributed by atoms with E-state index in [1.165, 1.54) is 25.7 Å². The van der Waals surface area contributed by atoms with Crippen LogP contribution in [0.5, 0.6) is 0 Å². The van der Waals surface area contributed by atoms with Gasteiger partial charge in [0.2, 0.25) is 0 Å². The van der Waals surface area contributed by atoms with Gasteiger partial charge in [0.25, 0.3) is 0 Å². The van der Waals surface area contributed by atoms with Crippen LogP contribution in [0.15, 0.2) is 0 Å². The van der Waals surface area contributed by atoms with Gasteiger partial charge >= 0.3 is 0 Å². The topological polar surface area (TPSA) is 53.6 Å². The summed E-state index contributed by atoms with van der Waals surface area (Å²) in [5.74, 6) is 2.66. The summed E-state index contributed by atoms with van der Waals surface area (Å²) in [6.07, 6.45) is 6.12. The molecule has 1 fully saturated rings. The van der Waals surface area contributed by atoms with Crippen molar-refractivity contribution in [3.63, 3.8) is 0 Å². The number of hydrogen-bond donors (Lipinski definition) is 2. The molecule has 1 aromatic heterocycles. The summed E-state index contributed by atoms with van der Waals surface area (Å²) in [6, 6.07) is 0. The van der Waals surface area contributed by atoms with Crippen LogP contribution in [0.25, 0.3) is 0 Å². The van der Waals surface area contributed by atoms with Crippen molar-refractivity contribution in [2.75, 3.05) is 6.54 Å². The van der Waals surface area contributed by atoms with Crippen molar-refractivity contribution in [2.45, 2.75) is 64.3 Å². The van der Waals surface area contributed by atoms with Crippen molar-refractivity contribution in [3.8, 4) is 0 Å². The van der Waals surface area contributed by atoms with Gasteiger partial charge in [-0.05, 0) is 33.6 Å². The van der Waals surface area contributed by atoms with E-state index in [1.54, 1.807) is 0 Å². The van der Waals surface area contributed by atoms with E-state index in [4.69, 9.17) is 0 Å². The fraction of sp³-hybridized carbons (Fsp3) is 0.846. The Bertz CT molecular complexity index is 345. The molecule has 2 rings (SSSR count). The summed E-state index contributed by atoms with van der Waals surface area (Å²) in [7, 11) is 0. The minimum Gasteiger partial charge on any atom is -0.312 e. The summed E-state index contributed by atoms with van der Waals surface area (Å²) in [5, 5.41) is 10.9. The van der Waals surface area contributed by atoms with Crippen LogP contribution in [0, 0.1) is 0 Å². The zero-order valence-corrected chi connectivity index (χ0v) is 11.2. The summed E-state index contributed by atoms with van der Waals surface area (Å²) < 4.78 is 0. The number of nitrogens with zero attached hydrogens (tertiary/aromatic N) is 2. The molecule has 0 radical (unpaired) electrons. The molecule has 0 amide bonds. The normalized spacial score (nSPS) is 17.8. The molecule has 0 unspecified atom stereocenters. The third-order valence-corrected chi connectivity index (χ3v) is 3.29. The van der Waals surface area contributed by atoms with Crippen molar-refractivity contribution in [3.05, 3.63) is 11.6 Å². The first-order chi connectivity index (χ1) is 8.04. The van der Waals surface area contributed by atoms with Crippen LogP contribution in [-0.4, -0.2) is 27.3 Å². The Kier molecular flexibility index (Phi) is 3.82. The highest BCUT2D eigenvalue weighted by Gasteiger charge is 2.21. The maximum Gasteiger partial charge on any atom is 0.153 e. The average Bonchev–Trinajstić information content (AvgIpc) is 2.83. The molecule has 1 saturated carbocycles. The molecule has 4 nitrogen and oxygen atoms in total. The second-order valence-electron chi connectivity index (χ2n) is 6.05. The molecule has 0 spiro atoms. The quantitative estimate of drug-likeness (QED) is 0.844. The van der Waals surface area contributed by atoms with Gasteiger partial charge in [-0.2, -0.15) is 5.10 Å². The van der Waals surface area contributed by atoms with Gasteiger partial charge in [-0.25, -0.2) is 4.98 Å². The molecule has 0 bridgehead atoms. The minimum atomic E-state index is 0.175. The summed E-state index contributed by atoms with van der Waals surface area (Å²) in [6.45, 7) is 7.48. The van der Waals surface area contributed by atoms with Crippen molar-refractivity contribution < 1.29 is 0 Å². The Hall–Kier alpha value is -0.900. The highest BCUT2D eigenvalue weighted by atomic mass is 15.2. The third kappa shape index (κ3) is 3.80. The summed E-state index contributed by atoms with van der Waals surface area (Å²) >= 11 is 0. The van der Waals surface area contributed by atoms with Crippen LogP contribution in [0.2, 0.25) is 0 Å². The van der Waals surface area contributed by atoms with Crippen LogP contribution < -0.4 is 5.32 Å². The van der Waals surface area contributed by atoms with E-state index in [0.29, 0.717) is 5.92 Å². The predicted molar refractivity (Wildman–Crippen MR) is 69.1 cm³/mol. The SMILES string of the molecule is CC(C)(C)NCCc1nc(C2CCCC2)n[nH]1. The van der Waals surface area contributed by atoms with E-state index in [9.17, 15) is 0 Å². The lowest BCUT2D eigenvalue weighted by Gasteiger charge is -2.19. The lowest BCUT2D eigenvalue weighted by Crippen LogP contribution is -2.37. The van der Waals surface area contributed by atoms with Crippen LogP contribution >= 0.6 is 0 Å². The minimum absolute atomic E-state index is 0.175. The number of rotatable bonds is 4. The standard InChI is InChI=1S/C13H24N4/c1-13(2,3)14-9-8-11-15-12(17-16-11)10-6-4-5-7-10/h10,14H,4-9H2,1-3H3,(H,15,16,17). The fourth-order valence-corrected chi connectivity index (χ4v) is 2.34. The van der Waals surface area contributed by atoms with E-state index in [-0.39, 0.29) is 5.54 Å². The monoisotopic (exact) mass is 236 g/mol. The van der Waals surface area contributed by atoms with Crippen molar-refractivity contribution in [1.82, 2.24) is 20.5 Å². The lowest BCUT2D eigenvalue weighted by atomic mass is 10.1. The maximum absolute atomic E-state index is 4.61. The predicted octanol–water partition coefficient (Wildman–Crippen LogP) is 2.39. The van der Waals surface area contributed by atoms with Gasteiger partial charge in [0.1, 0.15) is 5.82 Å². The molecule has 2 N–H and O–H groups in total. The molecule has 0 aromatic carbocycles. The molecule has 96 valence electrons. The van der Waals surface area contributed by atoms with E-state index in [2.05, 4.69) is 41.3 Å². The Morgan fingerprint density at radius 2 is 2.00 bits per heavy atom. The maximum atomic E-state index is 4.61. The van der Waals surface area contributed by atoms with Gasteiger partial charge in [-0.3, -0.25) is 5.10 Å². The highest BCUT2D eigenvalue weighted by Crippen LogP contribution is 2.31. The van der Waals surface area contributed by atoms with Crippen LogP contribution in [-0.2, 0) is 6.42 Å². The van der Waals surface area contributed by atoms with Crippen LogP contribution in [0.4, 0.5) is 0 Å². The largest absolute Gasteiger partial charge is 0.312 e. The Morgan fingerprint density at radius 1 is 1.29 bits per heavy atom. The fourth-order valence-electron chi connectivity index (χ4n) is 2.34. The van der Waals surface area contributed by atoms with Crippen molar-refractivity contribution in [1.29, 1.82) is 0 Å². The second-order valence-corrected chi connectivity index (χ2v) is 6.05. The lowest BCUT2D eigenvalue weighted by molar-refractivity contribution is 0.427. The van der Waals surface area contributed by atoms with Crippen molar-refractivity contribution >= 4 is 0 Å². The van der Waals surface area contributed by atoms with E-state index in [1.807, 2.05) is 0 Å². The zero-order valence-electron chi connectivity index (χ0n) is 11.2. The Labute approximate surface area is 104 Å². The Morgan fingerprint density at radius 3 is 2.65 bits per heavy atom. The first-order valence-corrected chi connectivity index (χ1v) is 6.71. The van der Waals surface area contributed by atoms with E-state index >= 15 is 0 Å². The number of H-pyrrole nitrogens is 1. The molecule has 1 heterocycles. The second kappa shape index (κ2) is 5.17. The van der Waals surface area contributed by atoms with E-state index < -0.39 is 0 Å². The van der Waals surface area contributed by atoms with Crippen LogP contribution in [0.3, 0.4) is 0 Å². The van der Waals surface area contributed by atoms with Gasteiger partial charge in [-0.1, -0.05) is 12.8 Å². The molecule has 0 atom stereocenters. The number of hydrogen-bond acceptors (Lipinski definition) is 3. The van der Waals surface area contributed by atoms with Gasteiger partial charge in [0.05, 0.1) is 0 Å². The van der Waals surface area contributed by atoms with Gasteiger partial charge < -0.3 is 5.32 Å². The van der Waals surface area contributed by atoms with E-state index in [0.717, 1.165) is 24.6 Å². The van der Waals surface area contributed by atoms with Gasteiger partial charge in [-0.15, -0.1) is 0 Å². The van der Waals surface area contributed by atoms with Crippen molar-refractivity contribution in [2.24, 2.45) is 0 Å². The summed E-state index contributed by atoms with van der Waals surface area (Å²) in [4.78, 5) is 4.61. The van der Waals surface area contributed by atoms with Crippen LogP contribution in [0.1, 0.15) is 64.0 Å². The molecular formula is C13H24N4. The molecule has 1 aromatic rings. The molecule has 0 saturated heterocycles. The molecule has 17 heavy (non-hydrogen) atoms. The molecule has 0 aliphatic heterocycles. The number of aromatic amines is 1. The molecule has 1 aliphatic carbocycles. The average molecular weight is 236 g/mol. The number of aromatic nitrogens is 3. The van der Waals surface area contributed by atoms with Gasteiger partial charge in [0, 0.05) is 24.4 Å². The molecule has 1 aliphatic rings. The number of nitrogens with one attached hydrogen (secondary N) is 2. The zero-order chi connectivity index (χ0) is 12.3. The smallest absolute Gasteiger partial charge is 0.153 e. The molecule has 4 heteroatoms. The first kappa shape index (κ1) is 12.6. The Balaban J connectivity index is 1.81. The first-order valence-electron chi connectivity index (χ1n) is 6.71. The third-order valence-electron chi connectivity index (χ3n) is 3.29. The molecular weight excluding hydrogens is 212 g/mol.